The predicted octanol–water partition coefficient (Wildman–Crippen LogP) is 3.47. The first-order valence-corrected chi connectivity index (χ1v) is 6.89. The summed E-state index contributed by atoms with van der Waals surface area (Å²) in [5.74, 6) is 0.945. The molecule has 1 aromatic heterocycles. The van der Waals surface area contributed by atoms with E-state index in [-0.39, 0.29) is 0 Å². The summed E-state index contributed by atoms with van der Waals surface area (Å²) in [5, 5.41) is 4.95. The van der Waals surface area contributed by atoms with Gasteiger partial charge in [0.15, 0.2) is 0 Å². The van der Waals surface area contributed by atoms with Crippen molar-refractivity contribution in [2.75, 3.05) is 7.11 Å². The van der Waals surface area contributed by atoms with Crippen molar-refractivity contribution in [1.82, 2.24) is 5.32 Å². The van der Waals surface area contributed by atoms with Crippen LogP contribution in [0.25, 0.3) is 10.1 Å². The molecule has 0 unspecified atom stereocenters. The molecule has 1 N–H and O–H groups in total. The minimum atomic E-state index is 0.772. The van der Waals surface area contributed by atoms with Crippen LogP contribution in [0.3, 0.4) is 0 Å². The number of aryl methyl sites for hydroxylation is 1. The number of hydrogen-bond acceptors (Lipinski definition) is 3. The number of nitrogens with one attached hydrogen (secondary N) is 1. The summed E-state index contributed by atoms with van der Waals surface area (Å²) in [6.07, 6.45) is 2.69. The van der Waals surface area contributed by atoms with Gasteiger partial charge in [0.2, 0.25) is 0 Å². The molecule has 0 bridgehead atoms. The van der Waals surface area contributed by atoms with Crippen molar-refractivity contribution in [3.63, 3.8) is 0 Å². The van der Waals surface area contributed by atoms with E-state index < -0.39 is 0 Å². The van der Waals surface area contributed by atoms with Gasteiger partial charge in [-0.3, -0.25) is 0 Å². The van der Waals surface area contributed by atoms with E-state index >= 15 is 0 Å². The normalized spacial score (nSPS) is 15.4. The third-order valence-electron chi connectivity index (χ3n) is 3.37. The SMILES string of the molecule is COc1ccc2c(C)c(CNC3CC3)sc2c1. The van der Waals surface area contributed by atoms with Crippen LogP contribution in [0, 0.1) is 6.92 Å². The Hall–Kier alpha value is -1.06. The third kappa shape index (κ3) is 2.17. The lowest BCUT2D eigenvalue weighted by Gasteiger charge is -2.00. The van der Waals surface area contributed by atoms with Crippen molar-refractivity contribution in [1.29, 1.82) is 0 Å². The molecule has 90 valence electrons. The standard InChI is InChI=1S/C14H17NOS/c1-9-12-6-5-11(16-2)7-13(12)17-14(9)8-15-10-3-4-10/h5-7,10,15H,3-4,8H2,1-2H3. The van der Waals surface area contributed by atoms with E-state index in [2.05, 4.69) is 24.4 Å². The van der Waals surface area contributed by atoms with Gasteiger partial charge in [-0.1, -0.05) is 0 Å². The van der Waals surface area contributed by atoms with Crippen molar-refractivity contribution in [2.24, 2.45) is 0 Å². The zero-order chi connectivity index (χ0) is 11.8. The molecule has 1 fully saturated rings. The van der Waals surface area contributed by atoms with Crippen LogP contribution in [0.15, 0.2) is 18.2 Å². The van der Waals surface area contributed by atoms with Gasteiger partial charge in [0, 0.05) is 22.2 Å². The van der Waals surface area contributed by atoms with Crippen molar-refractivity contribution in [2.45, 2.75) is 32.4 Å². The molecule has 17 heavy (non-hydrogen) atoms. The minimum Gasteiger partial charge on any atom is -0.497 e. The monoisotopic (exact) mass is 247 g/mol. The maximum Gasteiger partial charge on any atom is 0.120 e. The molecule has 0 atom stereocenters. The molecule has 1 aliphatic rings. The molecule has 0 saturated heterocycles. The Morgan fingerprint density at radius 1 is 1.41 bits per heavy atom. The molecule has 2 aromatic rings. The predicted molar refractivity (Wildman–Crippen MR) is 73.0 cm³/mol. The van der Waals surface area contributed by atoms with Crippen LogP contribution in [0.2, 0.25) is 0 Å². The topological polar surface area (TPSA) is 21.3 Å². The van der Waals surface area contributed by atoms with E-state index in [1.807, 2.05) is 17.4 Å². The van der Waals surface area contributed by atoms with Crippen LogP contribution in [0.5, 0.6) is 5.75 Å². The fraction of sp³-hybridized carbons (Fsp3) is 0.429. The Kier molecular flexibility index (Phi) is 2.81. The van der Waals surface area contributed by atoms with E-state index in [1.54, 1.807) is 7.11 Å². The summed E-state index contributed by atoms with van der Waals surface area (Å²) in [7, 11) is 1.72. The number of thiophene rings is 1. The number of methoxy groups -OCH3 is 1. The van der Waals surface area contributed by atoms with Gasteiger partial charge in [-0.25, -0.2) is 0 Å². The van der Waals surface area contributed by atoms with Crippen molar-refractivity contribution in [3.8, 4) is 5.75 Å². The molecule has 0 aliphatic heterocycles. The highest BCUT2D eigenvalue weighted by Gasteiger charge is 2.21. The van der Waals surface area contributed by atoms with Crippen LogP contribution < -0.4 is 10.1 Å². The molecule has 1 aromatic carbocycles. The van der Waals surface area contributed by atoms with Gasteiger partial charge in [0.05, 0.1) is 7.11 Å². The van der Waals surface area contributed by atoms with E-state index in [0.717, 1.165) is 18.3 Å². The molecule has 1 aliphatic carbocycles. The van der Waals surface area contributed by atoms with E-state index in [4.69, 9.17) is 4.74 Å². The lowest BCUT2D eigenvalue weighted by molar-refractivity contribution is 0.415. The van der Waals surface area contributed by atoms with Gasteiger partial charge in [-0.15, -0.1) is 11.3 Å². The molecule has 1 saturated carbocycles. The Balaban J connectivity index is 1.92. The number of ether oxygens (including phenoxy) is 1. The van der Waals surface area contributed by atoms with Crippen LogP contribution in [0.1, 0.15) is 23.3 Å². The van der Waals surface area contributed by atoms with Gasteiger partial charge in [0.1, 0.15) is 5.75 Å². The summed E-state index contributed by atoms with van der Waals surface area (Å²) in [5.41, 5.74) is 1.42. The van der Waals surface area contributed by atoms with Gasteiger partial charge < -0.3 is 10.1 Å². The highest BCUT2D eigenvalue weighted by molar-refractivity contribution is 7.19. The van der Waals surface area contributed by atoms with Gasteiger partial charge in [-0.05, 0) is 48.9 Å². The number of hydrogen-bond donors (Lipinski definition) is 1. The van der Waals surface area contributed by atoms with Crippen LogP contribution in [0.4, 0.5) is 0 Å². The fourth-order valence-corrected chi connectivity index (χ4v) is 3.27. The summed E-state index contributed by atoms with van der Waals surface area (Å²) in [6, 6.07) is 7.11. The zero-order valence-electron chi connectivity index (χ0n) is 10.2. The number of rotatable bonds is 4. The second-order valence-corrected chi connectivity index (χ2v) is 5.80. The summed E-state index contributed by atoms with van der Waals surface area (Å²) in [6.45, 7) is 3.23. The van der Waals surface area contributed by atoms with E-state index in [9.17, 15) is 0 Å². The first-order chi connectivity index (χ1) is 8.28. The third-order valence-corrected chi connectivity index (χ3v) is 4.63. The van der Waals surface area contributed by atoms with E-state index in [0.29, 0.717) is 0 Å². The first kappa shape index (κ1) is 11.1. The van der Waals surface area contributed by atoms with Gasteiger partial charge >= 0.3 is 0 Å². The summed E-state index contributed by atoms with van der Waals surface area (Å²) in [4.78, 5) is 1.46. The van der Waals surface area contributed by atoms with Crippen LogP contribution >= 0.6 is 11.3 Å². The lowest BCUT2D eigenvalue weighted by atomic mass is 10.1. The Bertz CT molecular complexity index is 542. The van der Waals surface area contributed by atoms with Crippen molar-refractivity contribution < 1.29 is 4.74 Å². The molecule has 2 nitrogen and oxygen atoms in total. The quantitative estimate of drug-likeness (QED) is 0.893. The second kappa shape index (κ2) is 4.31. The summed E-state index contributed by atoms with van der Waals surface area (Å²) < 4.78 is 6.60. The molecule has 0 amide bonds. The molecule has 3 rings (SSSR count). The average Bonchev–Trinajstić information content (AvgIpc) is 3.12. The first-order valence-electron chi connectivity index (χ1n) is 6.07. The molecule has 3 heteroatoms. The molecular formula is C14H17NOS. The van der Waals surface area contributed by atoms with E-state index in [1.165, 1.54) is 33.4 Å². The minimum absolute atomic E-state index is 0.772. The Morgan fingerprint density at radius 2 is 2.24 bits per heavy atom. The summed E-state index contributed by atoms with van der Waals surface area (Å²) >= 11 is 1.88. The average molecular weight is 247 g/mol. The van der Waals surface area contributed by atoms with Crippen molar-refractivity contribution in [3.05, 3.63) is 28.6 Å². The fourth-order valence-electron chi connectivity index (χ4n) is 2.08. The van der Waals surface area contributed by atoms with Crippen LogP contribution in [-0.4, -0.2) is 13.2 Å². The smallest absolute Gasteiger partial charge is 0.120 e. The zero-order valence-corrected chi connectivity index (χ0v) is 11.1. The molecule has 0 spiro atoms. The highest BCUT2D eigenvalue weighted by atomic mass is 32.1. The molecule has 0 radical (unpaired) electrons. The Labute approximate surface area is 106 Å². The van der Waals surface area contributed by atoms with Crippen LogP contribution in [-0.2, 0) is 6.54 Å². The Morgan fingerprint density at radius 3 is 2.94 bits per heavy atom. The maximum absolute atomic E-state index is 5.27. The largest absolute Gasteiger partial charge is 0.497 e. The lowest BCUT2D eigenvalue weighted by Crippen LogP contribution is -2.14. The highest BCUT2D eigenvalue weighted by Crippen LogP contribution is 2.33. The second-order valence-electron chi connectivity index (χ2n) is 4.67. The molecule has 1 heterocycles. The molecular weight excluding hydrogens is 230 g/mol. The van der Waals surface area contributed by atoms with Gasteiger partial charge in [-0.2, -0.15) is 0 Å². The number of fused-ring (bicyclic) bond motifs is 1. The number of benzene rings is 1. The van der Waals surface area contributed by atoms with Crippen molar-refractivity contribution >= 4 is 21.4 Å². The maximum atomic E-state index is 5.27. The van der Waals surface area contributed by atoms with Gasteiger partial charge in [0.25, 0.3) is 0 Å².